The maximum Gasteiger partial charge on any atom is 0.146 e. The minimum absolute atomic E-state index is 0.0922. The van der Waals surface area contributed by atoms with Crippen LogP contribution in [-0.4, -0.2) is 54.3 Å². The molecule has 0 saturated heterocycles. The van der Waals surface area contributed by atoms with Gasteiger partial charge in [0.15, 0.2) is 0 Å². The van der Waals surface area contributed by atoms with Crippen molar-refractivity contribution in [1.82, 2.24) is 9.80 Å². The first-order chi connectivity index (χ1) is 10.6. The predicted molar refractivity (Wildman–Crippen MR) is 91.7 cm³/mol. The van der Waals surface area contributed by atoms with E-state index in [0.717, 1.165) is 25.8 Å². The second-order valence-corrected chi connectivity index (χ2v) is 5.05. The number of hydrogen-bond acceptors (Lipinski definition) is 3. The van der Waals surface area contributed by atoms with Crippen LogP contribution >= 0.6 is 0 Å². The van der Waals surface area contributed by atoms with Crippen molar-refractivity contribution in [3.8, 4) is 49.4 Å². The van der Waals surface area contributed by atoms with E-state index < -0.39 is 0 Å². The number of unbranched alkanes of at least 4 members (excludes halogenated alkanes) is 1. The molecule has 22 heavy (non-hydrogen) atoms. The van der Waals surface area contributed by atoms with E-state index in [9.17, 15) is 4.79 Å². The third-order valence-corrected chi connectivity index (χ3v) is 3.33. The normalized spacial score (nSPS) is 11.2. The van der Waals surface area contributed by atoms with Crippen molar-refractivity contribution in [2.45, 2.75) is 32.2 Å². The first kappa shape index (κ1) is 19.8. The first-order valence-corrected chi connectivity index (χ1v) is 7.31. The average molecular weight is 296 g/mol. The highest BCUT2D eigenvalue weighted by atomic mass is 16.1. The van der Waals surface area contributed by atoms with Crippen LogP contribution in [-0.2, 0) is 4.79 Å². The topological polar surface area (TPSA) is 23.6 Å². The van der Waals surface area contributed by atoms with Crippen LogP contribution in [0.15, 0.2) is 0 Å². The number of hydrogen-bond donors (Lipinski definition) is 0. The summed E-state index contributed by atoms with van der Waals surface area (Å²) in [5.41, 5.74) is 0. The van der Waals surface area contributed by atoms with Crippen LogP contribution in [0.25, 0.3) is 0 Å². The monoisotopic (exact) mass is 296 g/mol. The lowest BCUT2D eigenvalue weighted by Crippen LogP contribution is -2.40. The Balaban J connectivity index is 4.40. The zero-order valence-electron chi connectivity index (χ0n) is 13.3. The summed E-state index contributed by atoms with van der Waals surface area (Å²) in [5.74, 6) is 10.4. The molecule has 0 unspecified atom stereocenters. The molecule has 0 heterocycles. The van der Waals surface area contributed by atoms with E-state index in [0.29, 0.717) is 26.2 Å². The summed E-state index contributed by atoms with van der Waals surface area (Å²) in [6, 6.07) is -0.221. The standard InChI is InChI=1S/C19H24N2O/c1-6-13-20(14-7-2)17-11-10-12-19(18(5)22)21(15-8-3)16-9-4/h1-4,19H,10-17H2,5H3/t19-/m0/s1. The third kappa shape index (κ3) is 8.19. The van der Waals surface area contributed by atoms with Crippen LogP contribution < -0.4 is 0 Å². The lowest BCUT2D eigenvalue weighted by molar-refractivity contribution is -0.122. The van der Waals surface area contributed by atoms with Gasteiger partial charge < -0.3 is 0 Å². The molecule has 0 aliphatic heterocycles. The fourth-order valence-corrected chi connectivity index (χ4v) is 2.30. The summed E-state index contributed by atoms with van der Waals surface area (Å²) in [6.45, 7) is 4.25. The van der Waals surface area contributed by atoms with Gasteiger partial charge in [0.2, 0.25) is 0 Å². The largest absolute Gasteiger partial charge is 0.298 e. The Kier molecular flexibility index (Phi) is 11.3. The Labute approximate surface area is 135 Å². The molecule has 0 fully saturated rings. The fourth-order valence-electron chi connectivity index (χ4n) is 2.30. The smallest absolute Gasteiger partial charge is 0.146 e. The van der Waals surface area contributed by atoms with Crippen molar-refractivity contribution in [3.63, 3.8) is 0 Å². The Morgan fingerprint density at radius 3 is 1.82 bits per heavy atom. The molecule has 0 radical (unpaired) electrons. The van der Waals surface area contributed by atoms with E-state index in [2.05, 4.69) is 23.7 Å². The van der Waals surface area contributed by atoms with Gasteiger partial charge in [-0.05, 0) is 19.8 Å². The number of carbonyl (C=O) groups excluding carboxylic acids is 1. The van der Waals surface area contributed by atoms with Gasteiger partial charge in [-0.3, -0.25) is 14.6 Å². The van der Waals surface area contributed by atoms with Crippen LogP contribution in [0.3, 0.4) is 0 Å². The van der Waals surface area contributed by atoms with Crippen molar-refractivity contribution in [2.24, 2.45) is 0 Å². The zero-order chi connectivity index (χ0) is 16.8. The summed E-state index contributed by atoms with van der Waals surface area (Å²) in [6.07, 6.45) is 23.9. The van der Waals surface area contributed by atoms with Gasteiger partial charge in [0.25, 0.3) is 0 Å². The highest BCUT2D eigenvalue weighted by molar-refractivity contribution is 5.81. The first-order valence-electron chi connectivity index (χ1n) is 7.31. The van der Waals surface area contributed by atoms with Crippen molar-refractivity contribution in [2.75, 3.05) is 32.7 Å². The minimum Gasteiger partial charge on any atom is -0.298 e. The highest BCUT2D eigenvalue weighted by Crippen LogP contribution is 2.10. The Hall–Kier alpha value is -2.17. The highest BCUT2D eigenvalue weighted by Gasteiger charge is 2.21. The number of Topliss-reactive ketones (excluding diaryl/α,β-unsaturated/α-hetero) is 1. The van der Waals surface area contributed by atoms with Gasteiger partial charge in [0.1, 0.15) is 5.78 Å². The van der Waals surface area contributed by atoms with E-state index in [1.807, 2.05) is 9.80 Å². The molecule has 0 rings (SSSR count). The molecule has 3 nitrogen and oxygen atoms in total. The van der Waals surface area contributed by atoms with E-state index in [4.69, 9.17) is 25.7 Å². The van der Waals surface area contributed by atoms with Crippen molar-refractivity contribution >= 4 is 5.78 Å². The minimum atomic E-state index is -0.221. The van der Waals surface area contributed by atoms with Crippen molar-refractivity contribution < 1.29 is 4.79 Å². The molecule has 0 aromatic rings. The van der Waals surface area contributed by atoms with Crippen LogP contribution in [0.4, 0.5) is 0 Å². The Bertz CT molecular complexity index is 463. The lowest BCUT2D eigenvalue weighted by Gasteiger charge is -2.26. The maximum atomic E-state index is 11.8. The zero-order valence-corrected chi connectivity index (χ0v) is 13.3. The van der Waals surface area contributed by atoms with Crippen LogP contribution in [0.5, 0.6) is 0 Å². The maximum absolute atomic E-state index is 11.8. The predicted octanol–water partition coefficient (Wildman–Crippen LogP) is 1.25. The van der Waals surface area contributed by atoms with Gasteiger partial charge in [0.05, 0.1) is 32.2 Å². The van der Waals surface area contributed by atoms with Gasteiger partial charge in [-0.25, -0.2) is 0 Å². The number of ketones is 1. The van der Waals surface area contributed by atoms with Gasteiger partial charge in [0, 0.05) is 6.54 Å². The summed E-state index contributed by atoms with van der Waals surface area (Å²) >= 11 is 0. The van der Waals surface area contributed by atoms with Crippen molar-refractivity contribution in [3.05, 3.63) is 0 Å². The molecular formula is C19H24N2O. The second-order valence-electron chi connectivity index (χ2n) is 5.05. The number of nitrogens with zero attached hydrogens (tertiary/aromatic N) is 2. The Morgan fingerprint density at radius 1 is 0.909 bits per heavy atom. The molecule has 0 amide bonds. The van der Waals surface area contributed by atoms with Gasteiger partial charge in [-0.15, -0.1) is 25.7 Å². The number of terminal acetylenes is 4. The molecule has 116 valence electrons. The van der Waals surface area contributed by atoms with E-state index in [1.165, 1.54) is 0 Å². The summed E-state index contributed by atoms with van der Waals surface area (Å²) < 4.78 is 0. The summed E-state index contributed by atoms with van der Waals surface area (Å²) in [4.78, 5) is 15.7. The molecule has 0 aliphatic rings. The molecule has 0 aromatic carbocycles. The van der Waals surface area contributed by atoms with Gasteiger partial charge in [-0.2, -0.15) is 0 Å². The molecule has 1 atom stereocenters. The molecule has 0 bridgehead atoms. The summed E-state index contributed by atoms with van der Waals surface area (Å²) in [5, 5.41) is 0. The molecule has 0 spiro atoms. The fraction of sp³-hybridized carbons (Fsp3) is 0.526. The molecular weight excluding hydrogens is 272 g/mol. The van der Waals surface area contributed by atoms with E-state index in [1.54, 1.807) is 6.92 Å². The van der Waals surface area contributed by atoms with E-state index >= 15 is 0 Å². The molecule has 3 heteroatoms. The quantitative estimate of drug-likeness (QED) is 0.423. The molecule has 0 aromatic heterocycles. The second kappa shape index (κ2) is 12.6. The average Bonchev–Trinajstić information content (AvgIpc) is 2.47. The molecule has 0 N–H and O–H groups in total. The van der Waals surface area contributed by atoms with Crippen LogP contribution in [0.1, 0.15) is 26.2 Å². The van der Waals surface area contributed by atoms with Crippen LogP contribution in [0, 0.1) is 49.4 Å². The molecule has 0 saturated carbocycles. The SMILES string of the molecule is C#CCN(CC#C)CCCC[C@@H](C(C)=O)N(CC#C)CC#C. The van der Waals surface area contributed by atoms with Crippen molar-refractivity contribution in [1.29, 1.82) is 0 Å². The number of rotatable bonds is 11. The summed E-state index contributed by atoms with van der Waals surface area (Å²) in [7, 11) is 0. The van der Waals surface area contributed by atoms with Gasteiger partial charge >= 0.3 is 0 Å². The van der Waals surface area contributed by atoms with Gasteiger partial charge in [-0.1, -0.05) is 30.1 Å². The number of carbonyl (C=O) groups is 1. The Morgan fingerprint density at radius 2 is 1.41 bits per heavy atom. The molecule has 0 aliphatic carbocycles. The lowest BCUT2D eigenvalue weighted by atomic mass is 10.0. The van der Waals surface area contributed by atoms with Crippen LogP contribution in [0.2, 0.25) is 0 Å². The third-order valence-electron chi connectivity index (χ3n) is 3.33. The van der Waals surface area contributed by atoms with E-state index in [-0.39, 0.29) is 11.8 Å².